The summed E-state index contributed by atoms with van der Waals surface area (Å²) in [6.45, 7) is -0.354. The summed E-state index contributed by atoms with van der Waals surface area (Å²) in [6, 6.07) is 2.77. The molecule has 0 aliphatic rings. The number of aromatic nitrogens is 1. The number of halogens is 1. The smallest absolute Gasteiger partial charge is 0.288 e. The van der Waals surface area contributed by atoms with Crippen molar-refractivity contribution in [2.75, 3.05) is 13.1 Å². The highest BCUT2D eigenvalue weighted by Gasteiger charge is 2.21. The quantitative estimate of drug-likeness (QED) is 0.271. The van der Waals surface area contributed by atoms with Gasteiger partial charge in [-0.25, -0.2) is 4.98 Å². The van der Waals surface area contributed by atoms with Gasteiger partial charge in [0.2, 0.25) is 0 Å². The number of hydrogen-bond donors (Lipinski definition) is 0. The fourth-order valence-electron chi connectivity index (χ4n) is 1.25. The lowest BCUT2D eigenvalue weighted by atomic mass is 10.2. The third-order valence-electron chi connectivity index (χ3n) is 2.10. The van der Waals surface area contributed by atoms with E-state index >= 15 is 0 Å². The van der Waals surface area contributed by atoms with Gasteiger partial charge >= 0.3 is 0 Å². The number of carbonyl (C=O) groups is 1. The minimum absolute atomic E-state index is 0.106. The van der Waals surface area contributed by atoms with E-state index in [0.29, 0.717) is 0 Å². The maximum atomic E-state index is 12.1. The van der Waals surface area contributed by atoms with Crippen molar-refractivity contribution in [3.63, 3.8) is 0 Å². The van der Waals surface area contributed by atoms with E-state index in [2.05, 4.69) is 10.9 Å². The minimum Gasteiger partial charge on any atom is -0.314 e. The summed E-state index contributed by atoms with van der Waals surface area (Å²) in [5.41, 5.74) is -0.535. The van der Waals surface area contributed by atoms with Gasteiger partial charge in [0.25, 0.3) is 11.6 Å². The van der Waals surface area contributed by atoms with Crippen LogP contribution in [0.5, 0.6) is 0 Å². The van der Waals surface area contributed by atoms with Gasteiger partial charge in [-0.3, -0.25) is 14.9 Å². The molecule has 0 saturated heterocycles. The van der Waals surface area contributed by atoms with Crippen molar-refractivity contribution in [1.82, 2.24) is 9.88 Å². The number of hydrogen-bond acceptors (Lipinski definition) is 5. The second kappa shape index (κ2) is 6.34. The molecule has 96 valence electrons. The van der Waals surface area contributed by atoms with Crippen LogP contribution >= 0.6 is 11.6 Å². The third kappa shape index (κ3) is 3.41. The number of amides is 1. The molecule has 8 heteroatoms. The Labute approximate surface area is 113 Å². The molecule has 1 aromatic heterocycles. The Morgan fingerprint density at radius 3 is 2.84 bits per heavy atom. The first kappa shape index (κ1) is 14.4. The van der Waals surface area contributed by atoms with E-state index in [1.807, 2.05) is 0 Å². The molecule has 0 spiro atoms. The highest BCUT2D eigenvalue weighted by Crippen LogP contribution is 2.20. The predicted molar refractivity (Wildman–Crippen MR) is 66.3 cm³/mol. The first-order valence-corrected chi connectivity index (χ1v) is 5.28. The van der Waals surface area contributed by atoms with Gasteiger partial charge in [0.15, 0.2) is 0 Å². The molecule has 0 unspecified atom stereocenters. The van der Waals surface area contributed by atoms with Crippen molar-refractivity contribution in [3.8, 4) is 18.4 Å². The molecule has 1 heterocycles. The van der Waals surface area contributed by atoms with Crippen molar-refractivity contribution in [2.45, 2.75) is 0 Å². The number of carbonyl (C=O) groups excluding carboxylic acids is 1. The second-order valence-electron chi connectivity index (χ2n) is 3.31. The molecule has 19 heavy (non-hydrogen) atoms. The van der Waals surface area contributed by atoms with Crippen LogP contribution in [0.1, 0.15) is 10.4 Å². The van der Waals surface area contributed by atoms with E-state index in [0.717, 1.165) is 17.2 Å². The lowest BCUT2D eigenvalue weighted by Gasteiger charge is -2.16. The van der Waals surface area contributed by atoms with E-state index in [9.17, 15) is 14.9 Å². The van der Waals surface area contributed by atoms with Crippen molar-refractivity contribution in [2.24, 2.45) is 0 Å². The van der Waals surface area contributed by atoms with Gasteiger partial charge in [0, 0.05) is 6.07 Å². The standard InChI is InChI=1S/C11H7ClN4O3/c1-2-4-15(5-3-13)11(17)9-6-8(16(18)19)7-14-10(9)12/h1,6-7H,4-5H2. The van der Waals surface area contributed by atoms with Crippen LogP contribution in [0.15, 0.2) is 12.3 Å². The number of rotatable bonds is 4. The zero-order valence-electron chi connectivity index (χ0n) is 9.54. The van der Waals surface area contributed by atoms with Crippen LogP contribution < -0.4 is 0 Å². The van der Waals surface area contributed by atoms with E-state index in [-0.39, 0.29) is 29.5 Å². The van der Waals surface area contributed by atoms with Crippen molar-refractivity contribution in [3.05, 3.63) is 33.1 Å². The molecular weight excluding hydrogens is 272 g/mol. The average Bonchev–Trinajstić information content (AvgIpc) is 2.38. The van der Waals surface area contributed by atoms with E-state index in [1.54, 1.807) is 6.07 Å². The molecular formula is C11H7ClN4O3. The summed E-state index contributed by atoms with van der Waals surface area (Å²) in [7, 11) is 0. The predicted octanol–water partition coefficient (Wildman–Crippen LogP) is 1.24. The van der Waals surface area contributed by atoms with Crippen LogP contribution in [0.4, 0.5) is 5.69 Å². The fraction of sp³-hybridized carbons (Fsp3) is 0.182. The molecule has 7 nitrogen and oxygen atoms in total. The summed E-state index contributed by atoms with van der Waals surface area (Å²) in [4.78, 5) is 26.6. The zero-order valence-corrected chi connectivity index (χ0v) is 10.3. The van der Waals surface area contributed by atoms with Crippen LogP contribution in [0.25, 0.3) is 0 Å². The largest absolute Gasteiger partial charge is 0.314 e. The van der Waals surface area contributed by atoms with Crippen molar-refractivity contribution < 1.29 is 9.72 Å². The summed E-state index contributed by atoms with van der Waals surface area (Å²) in [5, 5.41) is 19.0. The molecule has 0 radical (unpaired) electrons. The van der Waals surface area contributed by atoms with Crippen LogP contribution in [0, 0.1) is 33.8 Å². The average molecular weight is 279 g/mol. The molecule has 0 N–H and O–H groups in total. The molecule has 0 bridgehead atoms. The Hall–Kier alpha value is -2.64. The number of terminal acetylenes is 1. The molecule has 1 aromatic rings. The topological polar surface area (TPSA) is 100 Å². The highest BCUT2D eigenvalue weighted by atomic mass is 35.5. The Kier molecular flexibility index (Phi) is 4.81. The van der Waals surface area contributed by atoms with Gasteiger partial charge in [-0.1, -0.05) is 17.5 Å². The number of nitriles is 1. The van der Waals surface area contributed by atoms with Gasteiger partial charge in [0.05, 0.1) is 23.1 Å². The fourth-order valence-corrected chi connectivity index (χ4v) is 1.44. The van der Waals surface area contributed by atoms with Gasteiger partial charge in [0.1, 0.15) is 17.9 Å². The van der Waals surface area contributed by atoms with Crippen LogP contribution in [-0.2, 0) is 0 Å². The summed E-state index contributed by atoms with van der Waals surface area (Å²) in [5.74, 6) is 1.54. The Balaban J connectivity index is 3.17. The Morgan fingerprint density at radius 2 is 2.32 bits per heavy atom. The number of nitrogens with zero attached hydrogens (tertiary/aromatic N) is 4. The molecule has 0 aliphatic carbocycles. The lowest BCUT2D eigenvalue weighted by molar-refractivity contribution is -0.385. The number of pyridine rings is 1. The summed E-state index contributed by atoms with van der Waals surface area (Å²) in [6.07, 6.45) is 6.02. The van der Waals surface area contributed by atoms with Crippen molar-refractivity contribution >= 4 is 23.2 Å². The maximum Gasteiger partial charge on any atom is 0.288 e. The van der Waals surface area contributed by atoms with Gasteiger partial charge in [-0.15, -0.1) is 6.42 Å². The van der Waals surface area contributed by atoms with Gasteiger partial charge < -0.3 is 4.90 Å². The van der Waals surface area contributed by atoms with Crippen molar-refractivity contribution in [1.29, 1.82) is 5.26 Å². The normalized spacial score (nSPS) is 9.21. The van der Waals surface area contributed by atoms with Gasteiger partial charge in [-0.05, 0) is 0 Å². The first-order valence-electron chi connectivity index (χ1n) is 4.91. The zero-order chi connectivity index (χ0) is 14.4. The summed E-state index contributed by atoms with van der Waals surface area (Å²) >= 11 is 5.72. The third-order valence-corrected chi connectivity index (χ3v) is 2.40. The molecule has 1 rings (SSSR count). The van der Waals surface area contributed by atoms with Gasteiger partial charge in [-0.2, -0.15) is 5.26 Å². The summed E-state index contributed by atoms with van der Waals surface area (Å²) < 4.78 is 0. The maximum absolute atomic E-state index is 12.1. The van der Waals surface area contributed by atoms with Crippen LogP contribution in [0.3, 0.4) is 0 Å². The highest BCUT2D eigenvalue weighted by molar-refractivity contribution is 6.32. The van der Waals surface area contributed by atoms with Crippen LogP contribution in [-0.4, -0.2) is 33.8 Å². The monoisotopic (exact) mass is 278 g/mol. The lowest BCUT2D eigenvalue weighted by Crippen LogP contribution is -2.32. The van der Waals surface area contributed by atoms with E-state index < -0.39 is 10.8 Å². The second-order valence-corrected chi connectivity index (χ2v) is 3.67. The molecule has 0 fully saturated rings. The first-order chi connectivity index (χ1) is 9.01. The SMILES string of the molecule is C#CCN(CC#N)C(=O)c1cc([N+](=O)[O-])cnc1Cl. The molecule has 0 aliphatic heterocycles. The van der Waals surface area contributed by atoms with E-state index in [4.69, 9.17) is 23.3 Å². The molecule has 0 saturated carbocycles. The molecule has 1 amide bonds. The molecule has 0 atom stereocenters. The number of nitro groups is 1. The van der Waals surface area contributed by atoms with Crippen LogP contribution in [0.2, 0.25) is 5.15 Å². The molecule has 0 aromatic carbocycles. The Morgan fingerprint density at radius 1 is 1.63 bits per heavy atom. The minimum atomic E-state index is -0.698. The Bertz CT molecular complexity index is 587. The van der Waals surface area contributed by atoms with E-state index in [1.165, 1.54) is 0 Å².